The van der Waals surface area contributed by atoms with Gasteiger partial charge in [-0.25, -0.2) is 4.79 Å². The number of carbonyl (C=O) groups is 2. The van der Waals surface area contributed by atoms with Gasteiger partial charge in [0.25, 0.3) is 5.78 Å². The van der Waals surface area contributed by atoms with E-state index in [0.29, 0.717) is 6.42 Å². The maximum atomic E-state index is 11.6. The molecular weight excluding hydrogens is 234 g/mol. The van der Waals surface area contributed by atoms with Gasteiger partial charge in [0.2, 0.25) is 0 Å². The molecule has 0 aromatic carbocycles. The molecule has 18 heavy (non-hydrogen) atoms. The molecule has 0 radical (unpaired) electrons. The lowest BCUT2D eigenvalue weighted by Crippen LogP contribution is -2.44. The Balaban J connectivity index is 4.64. The summed E-state index contributed by atoms with van der Waals surface area (Å²) in [5.74, 6) is -0.252. The SMILES string of the molecule is CC(C)CC(NC(=O)OC(C)(C)C)C(=O)C=[N+]=[N-]. The minimum Gasteiger partial charge on any atom is -0.444 e. The summed E-state index contributed by atoms with van der Waals surface area (Å²) in [6, 6.07) is -0.740. The number of nitrogens with one attached hydrogen (secondary N) is 1. The maximum absolute atomic E-state index is 11.6. The van der Waals surface area contributed by atoms with Crippen molar-refractivity contribution in [3.05, 3.63) is 5.53 Å². The molecule has 0 spiro atoms. The second kappa shape index (κ2) is 6.91. The van der Waals surface area contributed by atoms with Crippen molar-refractivity contribution in [2.45, 2.75) is 52.7 Å². The molecule has 1 N–H and O–H groups in total. The molecule has 0 saturated carbocycles. The fourth-order valence-electron chi connectivity index (χ4n) is 1.31. The van der Waals surface area contributed by atoms with Crippen LogP contribution in [-0.2, 0) is 9.53 Å². The smallest absolute Gasteiger partial charge is 0.408 e. The Labute approximate surface area is 107 Å². The number of nitrogens with zero attached hydrogens (tertiary/aromatic N) is 2. The molecule has 0 heterocycles. The van der Waals surface area contributed by atoms with Gasteiger partial charge in [-0.15, -0.1) is 0 Å². The molecule has 0 aliphatic heterocycles. The van der Waals surface area contributed by atoms with Gasteiger partial charge in [-0.05, 0) is 33.1 Å². The van der Waals surface area contributed by atoms with E-state index in [9.17, 15) is 9.59 Å². The Morgan fingerprint density at radius 1 is 1.39 bits per heavy atom. The Morgan fingerprint density at radius 2 is 1.94 bits per heavy atom. The van der Waals surface area contributed by atoms with Crippen molar-refractivity contribution in [1.29, 1.82) is 0 Å². The zero-order chi connectivity index (χ0) is 14.3. The summed E-state index contributed by atoms with van der Waals surface area (Å²) in [4.78, 5) is 25.8. The lowest BCUT2D eigenvalue weighted by atomic mass is 10.0. The molecule has 1 amide bonds. The minimum atomic E-state index is -0.740. The van der Waals surface area contributed by atoms with Crippen LogP contribution < -0.4 is 5.32 Å². The lowest BCUT2D eigenvalue weighted by Gasteiger charge is -2.22. The Morgan fingerprint density at radius 3 is 2.33 bits per heavy atom. The van der Waals surface area contributed by atoms with Crippen LogP contribution in [0, 0.1) is 5.92 Å². The van der Waals surface area contributed by atoms with Crippen molar-refractivity contribution in [3.8, 4) is 0 Å². The lowest BCUT2D eigenvalue weighted by molar-refractivity contribution is -0.118. The summed E-state index contributed by atoms with van der Waals surface area (Å²) in [5.41, 5.74) is 7.72. The van der Waals surface area contributed by atoms with Gasteiger partial charge in [0.1, 0.15) is 11.6 Å². The molecule has 0 rings (SSSR count). The number of hydrogen-bond acceptors (Lipinski definition) is 3. The summed E-state index contributed by atoms with van der Waals surface area (Å²) >= 11 is 0. The molecule has 0 bridgehead atoms. The molecule has 0 saturated heterocycles. The van der Waals surface area contributed by atoms with Gasteiger partial charge in [0, 0.05) is 0 Å². The molecule has 6 heteroatoms. The molecule has 0 fully saturated rings. The van der Waals surface area contributed by atoms with Crippen molar-refractivity contribution in [3.63, 3.8) is 0 Å². The monoisotopic (exact) mass is 255 g/mol. The first kappa shape index (κ1) is 16.3. The minimum absolute atomic E-state index is 0.209. The van der Waals surface area contributed by atoms with E-state index in [2.05, 4.69) is 10.1 Å². The quantitative estimate of drug-likeness (QED) is 0.461. The average molecular weight is 255 g/mol. The molecular formula is C12H21N3O3. The normalized spacial score (nSPS) is 12.6. The van der Waals surface area contributed by atoms with Gasteiger partial charge in [-0.2, -0.15) is 4.79 Å². The van der Waals surface area contributed by atoms with E-state index >= 15 is 0 Å². The molecule has 1 unspecified atom stereocenters. The molecule has 102 valence electrons. The first-order valence-corrected chi connectivity index (χ1v) is 5.86. The number of rotatable bonds is 5. The van der Waals surface area contributed by atoms with E-state index in [0.717, 1.165) is 6.21 Å². The average Bonchev–Trinajstić information content (AvgIpc) is 2.13. The highest BCUT2D eigenvalue weighted by atomic mass is 16.6. The first-order valence-electron chi connectivity index (χ1n) is 5.86. The van der Waals surface area contributed by atoms with Crippen molar-refractivity contribution in [2.75, 3.05) is 0 Å². The molecule has 6 nitrogen and oxygen atoms in total. The number of alkyl carbamates (subject to hydrolysis) is 1. The largest absolute Gasteiger partial charge is 0.444 e. The topological polar surface area (TPSA) is 91.8 Å². The van der Waals surface area contributed by atoms with Gasteiger partial charge in [-0.1, -0.05) is 13.8 Å². The predicted octanol–water partition coefficient (Wildman–Crippen LogP) is 1.80. The molecule has 0 aliphatic carbocycles. The fraction of sp³-hybridized carbons (Fsp3) is 0.750. The van der Waals surface area contributed by atoms with E-state index in [1.54, 1.807) is 20.8 Å². The van der Waals surface area contributed by atoms with Gasteiger partial charge in [0.15, 0.2) is 0 Å². The third-order valence-corrected chi connectivity index (χ3v) is 1.93. The number of hydrogen-bond donors (Lipinski definition) is 1. The number of Topliss-reactive ketones (excluding diaryl/α,β-unsaturated/α-hetero) is 1. The second-order valence-electron chi connectivity index (χ2n) is 5.48. The van der Waals surface area contributed by atoms with Crippen molar-refractivity contribution < 1.29 is 19.1 Å². The zero-order valence-electron chi connectivity index (χ0n) is 11.6. The predicted molar refractivity (Wildman–Crippen MR) is 67.3 cm³/mol. The second-order valence-corrected chi connectivity index (χ2v) is 5.48. The zero-order valence-corrected chi connectivity index (χ0v) is 11.6. The number of ether oxygens (including phenoxy) is 1. The van der Waals surface area contributed by atoms with Crippen LogP contribution in [0.25, 0.3) is 5.53 Å². The molecule has 0 aromatic heterocycles. The van der Waals surface area contributed by atoms with Crippen LogP contribution in [0.5, 0.6) is 0 Å². The van der Waals surface area contributed by atoms with Gasteiger partial charge < -0.3 is 15.6 Å². The third kappa shape index (κ3) is 7.57. The summed E-state index contributed by atoms with van der Waals surface area (Å²) in [7, 11) is 0. The van der Waals surface area contributed by atoms with Crippen molar-refractivity contribution in [1.82, 2.24) is 5.32 Å². The highest BCUT2D eigenvalue weighted by Crippen LogP contribution is 2.09. The van der Waals surface area contributed by atoms with Crippen LogP contribution in [0.1, 0.15) is 41.0 Å². The van der Waals surface area contributed by atoms with Crippen LogP contribution in [-0.4, -0.2) is 34.5 Å². The third-order valence-electron chi connectivity index (χ3n) is 1.93. The van der Waals surface area contributed by atoms with Crippen LogP contribution in [0.4, 0.5) is 4.79 Å². The standard InChI is InChI=1S/C12H21N3O3/c1-8(2)6-9(10(16)7-14-13)15-11(17)18-12(3,4)5/h7-9H,6H2,1-5H3,(H,15,17). The Kier molecular flexibility index (Phi) is 6.27. The van der Waals surface area contributed by atoms with Gasteiger partial charge in [0.05, 0.1) is 0 Å². The number of amides is 1. The van der Waals surface area contributed by atoms with Crippen molar-refractivity contribution >= 4 is 18.1 Å². The van der Waals surface area contributed by atoms with Crippen molar-refractivity contribution in [2.24, 2.45) is 5.92 Å². The summed E-state index contributed by atoms with van der Waals surface area (Å²) in [6.07, 6.45) is 0.571. The van der Waals surface area contributed by atoms with E-state index in [4.69, 9.17) is 10.3 Å². The maximum Gasteiger partial charge on any atom is 0.408 e. The first-order chi connectivity index (χ1) is 8.15. The highest BCUT2D eigenvalue weighted by Gasteiger charge is 2.25. The fourth-order valence-corrected chi connectivity index (χ4v) is 1.31. The number of ketones is 1. The van der Waals surface area contributed by atoms with Crippen LogP contribution in [0.2, 0.25) is 0 Å². The van der Waals surface area contributed by atoms with E-state index in [-0.39, 0.29) is 5.92 Å². The van der Waals surface area contributed by atoms with Crippen LogP contribution in [0.3, 0.4) is 0 Å². The van der Waals surface area contributed by atoms with Crippen LogP contribution >= 0.6 is 0 Å². The molecule has 1 atom stereocenters. The summed E-state index contributed by atoms with van der Waals surface area (Å²) in [5, 5.41) is 2.48. The van der Waals surface area contributed by atoms with Crippen LogP contribution in [0.15, 0.2) is 0 Å². The number of carbonyl (C=O) groups excluding carboxylic acids is 2. The molecule has 0 aliphatic rings. The highest BCUT2D eigenvalue weighted by molar-refractivity contribution is 6.28. The van der Waals surface area contributed by atoms with E-state index < -0.39 is 23.5 Å². The Hall–Kier alpha value is -1.68. The summed E-state index contributed by atoms with van der Waals surface area (Å²) < 4.78 is 5.07. The summed E-state index contributed by atoms with van der Waals surface area (Å²) in [6.45, 7) is 9.06. The Bertz CT molecular complexity index is 352. The van der Waals surface area contributed by atoms with Gasteiger partial charge in [-0.3, -0.25) is 4.79 Å². The van der Waals surface area contributed by atoms with E-state index in [1.165, 1.54) is 0 Å². The molecule has 0 aromatic rings. The van der Waals surface area contributed by atoms with E-state index in [1.807, 2.05) is 13.8 Å². The van der Waals surface area contributed by atoms with Gasteiger partial charge >= 0.3 is 12.3 Å².